The Kier molecular flexibility index (Phi) is 6.93. The van der Waals surface area contributed by atoms with Gasteiger partial charge in [0.2, 0.25) is 5.91 Å². The lowest BCUT2D eigenvalue weighted by Gasteiger charge is -2.33. The third-order valence-electron chi connectivity index (χ3n) is 3.22. The minimum Gasteiger partial charge on any atom is -0.480 e. The summed E-state index contributed by atoms with van der Waals surface area (Å²) in [5.74, 6) is -2.05. The molecule has 0 radical (unpaired) electrons. The van der Waals surface area contributed by atoms with Crippen molar-refractivity contribution in [3.63, 3.8) is 0 Å². The number of urea groups is 1. The highest BCUT2D eigenvalue weighted by molar-refractivity contribution is 5.87. The number of nitrogens with two attached hydrogens (primary N) is 1. The molecule has 1 unspecified atom stereocenters. The second-order valence-electron chi connectivity index (χ2n) is 5.09. The first-order valence-electron chi connectivity index (χ1n) is 7.12. The van der Waals surface area contributed by atoms with Gasteiger partial charge in [0.05, 0.1) is 12.5 Å². The number of ether oxygens (including phenoxy) is 1. The Labute approximate surface area is 123 Å². The molecule has 0 aliphatic carbocycles. The van der Waals surface area contributed by atoms with Crippen molar-refractivity contribution in [2.75, 3.05) is 19.7 Å². The van der Waals surface area contributed by atoms with E-state index < -0.39 is 30.4 Å². The number of nitrogens with zero attached hydrogens (tertiary/aromatic N) is 1. The number of primary amides is 1. The minimum atomic E-state index is -1.30. The zero-order chi connectivity index (χ0) is 15.8. The number of likely N-dealkylation sites (tertiary alicyclic amines) is 1. The first-order chi connectivity index (χ1) is 9.93. The van der Waals surface area contributed by atoms with Crippen LogP contribution in [0.3, 0.4) is 0 Å². The summed E-state index contributed by atoms with van der Waals surface area (Å²) in [6.07, 6.45) is 2.14. The Morgan fingerprint density at radius 2 is 2.19 bits per heavy atom. The molecular weight excluding hydrogens is 278 g/mol. The van der Waals surface area contributed by atoms with E-state index in [2.05, 4.69) is 5.32 Å². The Balaban J connectivity index is 2.52. The Morgan fingerprint density at radius 1 is 1.48 bits per heavy atom. The molecule has 3 amide bonds. The maximum atomic E-state index is 12.1. The SMILES string of the molecule is CCCOC1CCCN(C(=O)N[C@H](CC(N)=O)C(=O)O)C1. The van der Waals surface area contributed by atoms with E-state index in [1.54, 1.807) is 0 Å². The van der Waals surface area contributed by atoms with Gasteiger partial charge < -0.3 is 25.8 Å². The van der Waals surface area contributed by atoms with Gasteiger partial charge in [0.15, 0.2) is 0 Å². The Morgan fingerprint density at radius 3 is 2.76 bits per heavy atom. The number of piperidine rings is 1. The fourth-order valence-corrected chi connectivity index (χ4v) is 2.18. The van der Waals surface area contributed by atoms with Crippen LogP contribution in [0, 0.1) is 0 Å². The molecule has 2 atom stereocenters. The third kappa shape index (κ3) is 5.99. The van der Waals surface area contributed by atoms with Crippen molar-refractivity contribution in [3.05, 3.63) is 0 Å². The van der Waals surface area contributed by atoms with E-state index in [4.69, 9.17) is 15.6 Å². The summed E-state index contributed by atoms with van der Waals surface area (Å²) < 4.78 is 5.62. The van der Waals surface area contributed by atoms with Crippen molar-refractivity contribution in [3.8, 4) is 0 Å². The molecule has 0 bridgehead atoms. The molecule has 1 fully saturated rings. The average Bonchev–Trinajstić information content (AvgIpc) is 2.44. The summed E-state index contributed by atoms with van der Waals surface area (Å²) >= 11 is 0. The van der Waals surface area contributed by atoms with Gasteiger partial charge in [-0.05, 0) is 19.3 Å². The number of carboxylic acid groups (broad SMARTS) is 1. The minimum absolute atomic E-state index is 0.0242. The van der Waals surface area contributed by atoms with Crippen molar-refractivity contribution in [2.24, 2.45) is 5.73 Å². The molecule has 4 N–H and O–H groups in total. The maximum absolute atomic E-state index is 12.1. The Bertz CT molecular complexity index is 388. The molecule has 21 heavy (non-hydrogen) atoms. The molecule has 0 spiro atoms. The molecule has 1 aliphatic rings. The molecule has 0 aromatic rings. The predicted molar refractivity (Wildman–Crippen MR) is 74.6 cm³/mol. The first kappa shape index (κ1) is 17.2. The van der Waals surface area contributed by atoms with Gasteiger partial charge in [-0.2, -0.15) is 0 Å². The van der Waals surface area contributed by atoms with Gasteiger partial charge in [0.1, 0.15) is 6.04 Å². The number of carboxylic acids is 1. The van der Waals surface area contributed by atoms with Crippen LogP contribution in [0.1, 0.15) is 32.6 Å². The predicted octanol–water partition coefficient (Wildman–Crippen LogP) is -0.0844. The van der Waals surface area contributed by atoms with Gasteiger partial charge in [0, 0.05) is 19.7 Å². The van der Waals surface area contributed by atoms with E-state index in [1.165, 1.54) is 4.90 Å². The van der Waals surface area contributed by atoms with E-state index in [0.29, 0.717) is 19.7 Å². The first-order valence-corrected chi connectivity index (χ1v) is 7.12. The van der Waals surface area contributed by atoms with Crippen molar-refractivity contribution in [1.82, 2.24) is 10.2 Å². The largest absolute Gasteiger partial charge is 0.480 e. The van der Waals surface area contributed by atoms with Crippen molar-refractivity contribution >= 4 is 17.9 Å². The smallest absolute Gasteiger partial charge is 0.326 e. The highest BCUT2D eigenvalue weighted by atomic mass is 16.5. The zero-order valence-corrected chi connectivity index (χ0v) is 12.2. The van der Waals surface area contributed by atoms with Gasteiger partial charge in [-0.3, -0.25) is 4.79 Å². The molecule has 1 rings (SSSR count). The lowest BCUT2D eigenvalue weighted by atomic mass is 10.1. The summed E-state index contributed by atoms with van der Waals surface area (Å²) in [6, 6.07) is -1.81. The van der Waals surface area contributed by atoms with Crippen molar-refractivity contribution < 1.29 is 24.2 Å². The van der Waals surface area contributed by atoms with Crippen LogP contribution in [0.4, 0.5) is 4.79 Å². The van der Waals surface area contributed by atoms with Crippen LogP contribution in [0.2, 0.25) is 0 Å². The topological polar surface area (TPSA) is 122 Å². The molecule has 0 saturated carbocycles. The molecule has 1 heterocycles. The average molecular weight is 301 g/mol. The number of nitrogens with one attached hydrogen (secondary N) is 1. The van der Waals surface area contributed by atoms with E-state index in [1.807, 2.05) is 6.92 Å². The molecule has 120 valence electrons. The monoisotopic (exact) mass is 301 g/mol. The van der Waals surface area contributed by atoms with Crippen LogP contribution < -0.4 is 11.1 Å². The number of hydrogen-bond acceptors (Lipinski definition) is 4. The summed E-state index contributed by atoms with van der Waals surface area (Å²) in [5.41, 5.74) is 4.98. The van der Waals surface area contributed by atoms with Crippen LogP contribution >= 0.6 is 0 Å². The van der Waals surface area contributed by atoms with Crippen LogP contribution in [-0.4, -0.2) is 59.8 Å². The maximum Gasteiger partial charge on any atom is 0.326 e. The number of carbonyl (C=O) groups is 3. The molecule has 0 aromatic heterocycles. The normalized spacial score (nSPS) is 19.9. The van der Waals surface area contributed by atoms with Gasteiger partial charge >= 0.3 is 12.0 Å². The highest BCUT2D eigenvalue weighted by Gasteiger charge is 2.28. The summed E-state index contributed by atoms with van der Waals surface area (Å²) in [6.45, 7) is 3.61. The number of carbonyl (C=O) groups excluding carboxylic acids is 2. The lowest BCUT2D eigenvalue weighted by molar-refractivity contribution is -0.141. The van der Waals surface area contributed by atoms with Crippen molar-refractivity contribution in [1.29, 1.82) is 0 Å². The highest BCUT2D eigenvalue weighted by Crippen LogP contribution is 2.13. The molecule has 8 heteroatoms. The molecule has 8 nitrogen and oxygen atoms in total. The van der Waals surface area contributed by atoms with Gasteiger partial charge in [-0.25, -0.2) is 9.59 Å². The van der Waals surface area contributed by atoms with Gasteiger partial charge in [-0.1, -0.05) is 6.92 Å². The van der Waals surface area contributed by atoms with Crippen LogP contribution in [-0.2, 0) is 14.3 Å². The number of hydrogen-bond donors (Lipinski definition) is 3. The third-order valence-corrected chi connectivity index (χ3v) is 3.22. The van der Waals surface area contributed by atoms with Crippen molar-refractivity contribution in [2.45, 2.75) is 44.8 Å². The lowest BCUT2D eigenvalue weighted by Crippen LogP contribution is -2.52. The van der Waals surface area contributed by atoms with Gasteiger partial charge in [-0.15, -0.1) is 0 Å². The molecular formula is C13H23N3O5. The standard InChI is InChI=1S/C13H23N3O5/c1-2-6-21-9-4-3-5-16(8-9)13(20)15-10(12(18)19)7-11(14)17/h9-10H,2-8H2,1H3,(H2,14,17)(H,15,20)(H,18,19)/t9?,10-/m1/s1. The fourth-order valence-electron chi connectivity index (χ4n) is 2.18. The fraction of sp³-hybridized carbons (Fsp3) is 0.769. The van der Waals surface area contributed by atoms with E-state index in [9.17, 15) is 14.4 Å². The van der Waals surface area contributed by atoms with E-state index in [0.717, 1.165) is 19.3 Å². The molecule has 0 aromatic carbocycles. The molecule has 1 saturated heterocycles. The Hall–Kier alpha value is -1.83. The molecule has 1 aliphatic heterocycles. The quantitative estimate of drug-likeness (QED) is 0.607. The van der Waals surface area contributed by atoms with Crippen LogP contribution in [0.25, 0.3) is 0 Å². The van der Waals surface area contributed by atoms with Crippen LogP contribution in [0.5, 0.6) is 0 Å². The second-order valence-corrected chi connectivity index (χ2v) is 5.09. The number of aliphatic carboxylic acids is 1. The van der Waals surface area contributed by atoms with Crippen LogP contribution in [0.15, 0.2) is 0 Å². The van der Waals surface area contributed by atoms with E-state index >= 15 is 0 Å². The number of rotatable bonds is 7. The van der Waals surface area contributed by atoms with E-state index in [-0.39, 0.29) is 6.10 Å². The second kappa shape index (κ2) is 8.46. The summed E-state index contributed by atoms with van der Waals surface area (Å²) in [7, 11) is 0. The zero-order valence-electron chi connectivity index (χ0n) is 12.2. The number of amides is 3. The summed E-state index contributed by atoms with van der Waals surface area (Å²) in [5, 5.41) is 11.3. The van der Waals surface area contributed by atoms with Gasteiger partial charge in [0.25, 0.3) is 0 Å². The summed E-state index contributed by atoms with van der Waals surface area (Å²) in [4.78, 5) is 35.4.